The number of hydrogen-bond acceptors (Lipinski definition) is 4. The first-order chi connectivity index (χ1) is 9.83. The topological polar surface area (TPSA) is 107 Å². The van der Waals surface area contributed by atoms with Crippen LogP contribution in [0.4, 0.5) is 4.39 Å². The second kappa shape index (κ2) is 7.15. The average molecular weight is 314 g/mol. The summed E-state index contributed by atoms with van der Waals surface area (Å²) >= 11 is 0. The molecular weight excluding hydrogens is 299 g/mol. The van der Waals surface area contributed by atoms with Gasteiger partial charge in [-0.3, -0.25) is 4.79 Å². The van der Waals surface area contributed by atoms with Gasteiger partial charge < -0.3 is 5.11 Å². The van der Waals surface area contributed by atoms with Crippen LogP contribution in [0, 0.1) is 17.1 Å². The first kappa shape index (κ1) is 17.1. The van der Waals surface area contributed by atoms with Crippen molar-refractivity contribution in [3.8, 4) is 6.07 Å². The van der Waals surface area contributed by atoms with Gasteiger partial charge in [-0.1, -0.05) is 25.8 Å². The van der Waals surface area contributed by atoms with E-state index in [1.54, 1.807) is 0 Å². The maximum atomic E-state index is 13.4. The molecule has 1 atom stereocenters. The lowest BCUT2D eigenvalue weighted by atomic mass is 10.1. The predicted molar refractivity (Wildman–Crippen MR) is 72.4 cm³/mol. The molecule has 2 N–H and O–H groups in total. The van der Waals surface area contributed by atoms with Crippen LogP contribution in [0.2, 0.25) is 0 Å². The summed E-state index contributed by atoms with van der Waals surface area (Å²) in [5.41, 5.74) is -0.635. The molecule has 6 nitrogen and oxygen atoms in total. The molecule has 21 heavy (non-hydrogen) atoms. The van der Waals surface area contributed by atoms with Crippen molar-refractivity contribution in [2.24, 2.45) is 0 Å². The van der Waals surface area contributed by atoms with E-state index in [-0.39, 0.29) is 6.42 Å². The molecule has 1 aromatic rings. The Balaban J connectivity index is 3.14. The van der Waals surface area contributed by atoms with E-state index in [1.807, 2.05) is 11.6 Å². The highest BCUT2D eigenvalue weighted by atomic mass is 32.2. The van der Waals surface area contributed by atoms with Crippen molar-refractivity contribution < 1.29 is 22.7 Å². The van der Waals surface area contributed by atoms with E-state index in [0.717, 1.165) is 18.2 Å². The lowest BCUT2D eigenvalue weighted by Gasteiger charge is -2.15. The number of aliphatic carboxylic acids is 1. The first-order valence-corrected chi connectivity index (χ1v) is 7.75. The molecule has 0 saturated carbocycles. The molecule has 1 unspecified atom stereocenters. The fourth-order valence-electron chi connectivity index (χ4n) is 1.73. The molecule has 8 heteroatoms. The Kier molecular flexibility index (Phi) is 5.81. The van der Waals surface area contributed by atoms with E-state index in [9.17, 15) is 17.6 Å². The van der Waals surface area contributed by atoms with Gasteiger partial charge in [-0.25, -0.2) is 12.8 Å². The van der Waals surface area contributed by atoms with Gasteiger partial charge in [0.2, 0.25) is 10.0 Å². The van der Waals surface area contributed by atoms with Crippen molar-refractivity contribution in [1.29, 1.82) is 5.26 Å². The number of halogens is 1. The van der Waals surface area contributed by atoms with Gasteiger partial charge >= 0.3 is 5.97 Å². The Bertz CT molecular complexity index is 667. The monoisotopic (exact) mass is 314 g/mol. The molecule has 0 aliphatic rings. The van der Waals surface area contributed by atoms with E-state index < -0.39 is 38.3 Å². The number of carbonyl (C=O) groups is 1. The van der Waals surface area contributed by atoms with E-state index in [2.05, 4.69) is 0 Å². The van der Waals surface area contributed by atoms with Gasteiger partial charge in [0.25, 0.3) is 0 Å². The van der Waals surface area contributed by atoms with Crippen LogP contribution in [0.5, 0.6) is 0 Å². The molecule has 0 amide bonds. The molecule has 0 bridgehead atoms. The van der Waals surface area contributed by atoms with Crippen molar-refractivity contribution >= 4 is 16.0 Å². The van der Waals surface area contributed by atoms with Gasteiger partial charge in [-0.05, 0) is 18.6 Å². The number of sulfonamides is 1. The Morgan fingerprint density at radius 1 is 1.52 bits per heavy atom. The predicted octanol–water partition coefficient (Wildman–Crippen LogP) is 1.62. The Morgan fingerprint density at radius 3 is 2.71 bits per heavy atom. The highest BCUT2D eigenvalue weighted by Crippen LogP contribution is 2.18. The molecule has 1 rings (SSSR count). The number of nitrogens with zero attached hydrogens (tertiary/aromatic N) is 1. The van der Waals surface area contributed by atoms with Crippen LogP contribution in [-0.2, 0) is 14.8 Å². The van der Waals surface area contributed by atoms with E-state index in [0.29, 0.717) is 12.8 Å². The zero-order valence-electron chi connectivity index (χ0n) is 11.3. The number of rotatable bonds is 7. The summed E-state index contributed by atoms with van der Waals surface area (Å²) in [6, 6.07) is 3.32. The highest BCUT2D eigenvalue weighted by Gasteiger charge is 2.27. The number of unbranched alkanes of at least 4 members (excludes halogenated alkanes) is 1. The maximum absolute atomic E-state index is 13.4. The zero-order valence-corrected chi connectivity index (χ0v) is 12.2. The van der Waals surface area contributed by atoms with Crippen LogP contribution in [0.25, 0.3) is 0 Å². The summed E-state index contributed by atoms with van der Waals surface area (Å²) in [6.45, 7) is 1.84. The number of carboxylic acid groups (broad SMARTS) is 1. The molecular formula is C13H15FN2O4S. The summed E-state index contributed by atoms with van der Waals surface area (Å²) in [4.78, 5) is 10.5. The Morgan fingerprint density at radius 2 is 2.19 bits per heavy atom. The van der Waals surface area contributed by atoms with Crippen molar-refractivity contribution in [2.75, 3.05) is 0 Å². The van der Waals surface area contributed by atoms with Gasteiger partial charge in [0.15, 0.2) is 0 Å². The quantitative estimate of drug-likeness (QED) is 0.795. The Hall–Kier alpha value is -1.98. The highest BCUT2D eigenvalue weighted by molar-refractivity contribution is 7.89. The summed E-state index contributed by atoms with van der Waals surface area (Å²) in [5.74, 6) is -2.29. The molecule has 0 aliphatic carbocycles. The van der Waals surface area contributed by atoms with E-state index >= 15 is 0 Å². The average Bonchev–Trinajstić information content (AvgIpc) is 2.42. The third-order valence-corrected chi connectivity index (χ3v) is 4.33. The van der Waals surface area contributed by atoms with Gasteiger partial charge in [-0.15, -0.1) is 0 Å². The van der Waals surface area contributed by atoms with Crippen LogP contribution in [0.3, 0.4) is 0 Å². The standard InChI is InChI=1S/C13H15FN2O4S/c1-2-3-6-11(13(17)18)16-21(19,20)12-7-4-5-10(14)9(12)8-15/h4-5,7,11,16H,2-3,6H2,1H3,(H,17,18). The summed E-state index contributed by atoms with van der Waals surface area (Å²) in [6.07, 6.45) is 1.34. The third kappa shape index (κ3) is 4.24. The van der Waals surface area contributed by atoms with Gasteiger partial charge in [0.05, 0.1) is 0 Å². The number of nitrogens with one attached hydrogen (secondary N) is 1. The van der Waals surface area contributed by atoms with Crippen molar-refractivity contribution in [3.05, 3.63) is 29.6 Å². The molecule has 0 spiro atoms. The summed E-state index contributed by atoms with van der Waals surface area (Å²) in [5, 5.41) is 17.9. The van der Waals surface area contributed by atoms with Gasteiger partial charge in [0.1, 0.15) is 28.4 Å². The van der Waals surface area contributed by atoms with Gasteiger partial charge in [-0.2, -0.15) is 9.98 Å². The number of hydrogen-bond donors (Lipinski definition) is 2. The number of carboxylic acids is 1. The molecule has 0 radical (unpaired) electrons. The minimum atomic E-state index is -4.29. The van der Waals surface area contributed by atoms with Crippen LogP contribution in [-0.4, -0.2) is 25.5 Å². The van der Waals surface area contributed by atoms with Crippen LogP contribution < -0.4 is 4.72 Å². The minimum Gasteiger partial charge on any atom is -0.480 e. The van der Waals surface area contributed by atoms with Crippen LogP contribution in [0.1, 0.15) is 31.7 Å². The molecule has 1 aromatic carbocycles. The molecule has 0 heterocycles. The lowest BCUT2D eigenvalue weighted by molar-refractivity contribution is -0.139. The molecule has 0 aromatic heterocycles. The van der Waals surface area contributed by atoms with Crippen molar-refractivity contribution in [2.45, 2.75) is 37.1 Å². The maximum Gasteiger partial charge on any atom is 0.321 e. The fraction of sp³-hybridized carbons (Fsp3) is 0.385. The first-order valence-electron chi connectivity index (χ1n) is 6.27. The summed E-state index contributed by atoms with van der Waals surface area (Å²) in [7, 11) is -4.29. The number of benzene rings is 1. The van der Waals surface area contributed by atoms with Gasteiger partial charge in [0, 0.05) is 0 Å². The zero-order chi connectivity index (χ0) is 16.0. The normalized spacial score (nSPS) is 12.6. The molecule has 0 fully saturated rings. The smallest absolute Gasteiger partial charge is 0.321 e. The molecule has 114 valence electrons. The van der Waals surface area contributed by atoms with Crippen LogP contribution >= 0.6 is 0 Å². The largest absolute Gasteiger partial charge is 0.480 e. The third-order valence-electron chi connectivity index (χ3n) is 2.82. The van der Waals surface area contributed by atoms with Crippen LogP contribution in [0.15, 0.2) is 23.1 Å². The minimum absolute atomic E-state index is 0.113. The fourth-order valence-corrected chi connectivity index (χ4v) is 3.12. The Labute approximate surface area is 122 Å². The number of nitriles is 1. The summed E-state index contributed by atoms with van der Waals surface area (Å²) < 4.78 is 39.7. The SMILES string of the molecule is CCCCC(NS(=O)(=O)c1cccc(F)c1C#N)C(=O)O. The van der Waals surface area contributed by atoms with Crippen molar-refractivity contribution in [3.63, 3.8) is 0 Å². The second-order valence-corrected chi connectivity index (χ2v) is 6.06. The van der Waals surface area contributed by atoms with E-state index in [4.69, 9.17) is 10.4 Å². The molecule has 0 aliphatic heterocycles. The lowest BCUT2D eigenvalue weighted by Crippen LogP contribution is -2.40. The molecule has 0 saturated heterocycles. The van der Waals surface area contributed by atoms with E-state index in [1.165, 1.54) is 6.07 Å². The van der Waals surface area contributed by atoms with Crippen molar-refractivity contribution in [1.82, 2.24) is 4.72 Å². The second-order valence-electron chi connectivity index (χ2n) is 4.38.